The summed E-state index contributed by atoms with van der Waals surface area (Å²) in [4.78, 5) is 22.2. The van der Waals surface area contributed by atoms with Crippen LogP contribution in [0.2, 0.25) is 0 Å². The van der Waals surface area contributed by atoms with Gasteiger partial charge in [-0.15, -0.1) is 0 Å². The first kappa shape index (κ1) is 29.4. The molecule has 2 fully saturated rings. The standard InChI is InChI=1S/C31H28F3N5O5/c32-23-9-18(13-35)1-2-27(23)43-17-20-12-28(25(34)14-36-20)44-21-3-6-38(7-4-21)16-29-37-30-24(33)10-19(31(40)41)11-26(30)39(29)15-22-5-8-42-22/h1-2,9-12,14,21-22H,3-8,15-17H2,(H,40,41)/t22-/m0/s1. The van der Waals surface area contributed by atoms with Crippen molar-refractivity contribution in [3.05, 3.63) is 82.7 Å². The van der Waals surface area contributed by atoms with Gasteiger partial charge in [0, 0.05) is 25.8 Å². The lowest BCUT2D eigenvalue weighted by Gasteiger charge is -2.32. The Labute approximate surface area is 250 Å². The number of carboxylic acids is 1. The van der Waals surface area contributed by atoms with Crippen LogP contribution in [0.25, 0.3) is 11.0 Å². The van der Waals surface area contributed by atoms with Crippen molar-refractivity contribution in [1.29, 1.82) is 5.26 Å². The number of carboxylic acid groups (broad SMARTS) is 1. The molecule has 2 saturated heterocycles. The van der Waals surface area contributed by atoms with Crippen LogP contribution in [0, 0.1) is 28.8 Å². The maximum atomic E-state index is 14.8. The number of aromatic carboxylic acids is 1. The van der Waals surface area contributed by atoms with Crippen molar-refractivity contribution in [2.45, 2.75) is 51.2 Å². The van der Waals surface area contributed by atoms with Crippen molar-refractivity contribution in [3.63, 3.8) is 0 Å². The van der Waals surface area contributed by atoms with Crippen LogP contribution in [-0.4, -0.2) is 62.4 Å². The second-order valence-corrected chi connectivity index (χ2v) is 10.8. The highest BCUT2D eigenvalue weighted by molar-refractivity contribution is 5.92. The highest BCUT2D eigenvalue weighted by Gasteiger charge is 2.27. The minimum Gasteiger partial charge on any atom is -0.487 e. The maximum absolute atomic E-state index is 14.8. The van der Waals surface area contributed by atoms with Gasteiger partial charge in [0.15, 0.2) is 29.0 Å². The van der Waals surface area contributed by atoms with Crippen LogP contribution in [0.1, 0.15) is 46.7 Å². The molecule has 2 aliphatic heterocycles. The van der Waals surface area contributed by atoms with Crippen LogP contribution in [0.4, 0.5) is 13.2 Å². The summed E-state index contributed by atoms with van der Waals surface area (Å²) < 4.78 is 62.4. The number of benzene rings is 2. The largest absolute Gasteiger partial charge is 0.487 e. The molecule has 13 heteroatoms. The molecule has 10 nitrogen and oxygen atoms in total. The molecule has 2 aliphatic rings. The van der Waals surface area contributed by atoms with Crippen molar-refractivity contribution >= 4 is 17.0 Å². The summed E-state index contributed by atoms with van der Waals surface area (Å²) in [6, 6.07) is 9.56. The van der Waals surface area contributed by atoms with Gasteiger partial charge in [-0.2, -0.15) is 5.26 Å². The van der Waals surface area contributed by atoms with Crippen molar-refractivity contribution in [1.82, 2.24) is 19.4 Å². The van der Waals surface area contributed by atoms with Crippen LogP contribution < -0.4 is 9.47 Å². The van der Waals surface area contributed by atoms with Crippen LogP contribution >= 0.6 is 0 Å². The molecule has 2 aromatic heterocycles. The van der Waals surface area contributed by atoms with E-state index >= 15 is 0 Å². The van der Waals surface area contributed by atoms with Gasteiger partial charge in [-0.1, -0.05) is 0 Å². The van der Waals surface area contributed by atoms with Gasteiger partial charge >= 0.3 is 5.97 Å². The predicted octanol–water partition coefficient (Wildman–Crippen LogP) is 4.83. The Kier molecular flexibility index (Phi) is 8.36. The zero-order valence-corrected chi connectivity index (χ0v) is 23.5. The Morgan fingerprint density at radius 1 is 1.07 bits per heavy atom. The number of imidazole rings is 1. The number of pyridine rings is 1. The lowest BCUT2D eigenvalue weighted by Crippen LogP contribution is -2.39. The summed E-state index contributed by atoms with van der Waals surface area (Å²) in [5, 5.41) is 18.3. The average molecular weight is 608 g/mol. The van der Waals surface area contributed by atoms with E-state index < -0.39 is 23.4 Å². The van der Waals surface area contributed by atoms with Gasteiger partial charge in [-0.25, -0.2) is 22.9 Å². The Balaban J connectivity index is 1.09. The van der Waals surface area contributed by atoms with Gasteiger partial charge in [-0.05, 0) is 49.6 Å². The lowest BCUT2D eigenvalue weighted by atomic mass is 10.1. The fourth-order valence-corrected chi connectivity index (χ4v) is 5.34. The summed E-state index contributed by atoms with van der Waals surface area (Å²) in [6.07, 6.45) is 2.75. The van der Waals surface area contributed by atoms with E-state index in [0.717, 1.165) is 24.8 Å². The first-order valence-electron chi connectivity index (χ1n) is 14.2. The number of halogens is 3. The van der Waals surface area contributed by atoms with Crippen molar-refractivity contribution < 1.29 is 37.3 Å². The maximum Gasteiger partial charge on any atom is 0.335 e. The lowest BCUT2D eigenvalue weighted by molar-refractivity contribution is -0.0592. The van der Waals surface area contributed by atoms with Crippen LogP contribution in [-0.2, 0) is 24.4 Å². The van der Waals surface area contributed by atoms with E-state index in [9.17, 15) is 23.1 Å². The quantitative estimate of drug-likeness (QED) is 0.270. The van der Waals surface area contributed by atoms with Crippen LogP contribution in [0.5, 0.6) is 11.5 Å². The van der Waals surface area contributed by atoms with Gasteiger partial charge in [0.25, 0.3) is 0 Å². The number of ether oxygens (including phenoxy) is 3. The minimum atomic E-state index is -1.22. The van der Waals surface area contributed by atoms with E-state index in [1.165, 1.54) is 24.3 Å². The van der Waals surface area contributed by atoms with Gasteiger partial charge in [0.1, 0.15) is 24.1 Å². The summed E-state index contributed by atoms with van der Waals surface area (Å²) in [5.41, 5.74) is 0.907. The highest BCUT2D eigenvalue weighted by atomic mass is 19.1. The molecule has 44 heavy (non-hydrogen) atoms. The molecule has 1 N–H and O–H groups in total. The molecule has 0 spiro atoms. The third kappa shape index (κ3) is 6.31. The molecule has 0 amide bonds. The number of fused-ring (bicyclic) bond motifs is 1. The van der Waals surface area contributed by atoms with Gasteiger partial charge in [-0.3, -0.25) is 9.88 Å². The SMILES string of the molecule is N#Cc1ccc(OCc2cc(OC3CCN(Cc4nc5c(F)cc(C(=O)O)cc5n4C[C@@H]4CCO4)CC3)c(F)cn2)c(F)c1. The molecule has 0 radical (unpaired) electrons. The Bertz CT molecular complexity index is 1750. The van der Waals surface area contributed by atoms with Gasteiger partial charge in [0.2, 0.25) is 0 Å². The number of hydrogen-bond donors (Lipinski definition) is 1. The third-order valence-corrected chi connectivity index (χ3v) is 7.82. The molecule has 0 bridgehead atoms. The van der Waals surface area contributed by atoms with Gasteiger partial charge < -0.3 is 23.9 Å². The Morgan fingerprint density at radius 3 is 2.55 bits per heavy atom. The van der Waals surface area contributed by atoms with Gasteiger partial charge in [0.05, 0.1) is 53.8 Å². The summed E-state index contributed by atoms with van der Waals surface area (Å²) >= 11 is 0. The van der Waals surface area contributed by atoms with E-state index in [0.29, 0.717) is 62.7 Å². The van der Waals surface area contributed by atoms with E-state index in [2.05, 4.69) is 14.9 Å². The second kappa shape index (κ2) is 12.5. The second-order valence-electron chi connectivity index (χ2n) is 10.8. The van der Waals surface area contributed by atoms with Crippen molar-refractivity contribution in [3.8, 4) is 17.6 Å². The number of likely N-dealkylation sites (tertiary alicyclic amines) is 1. The number of aromatic nitrogens is 3. The van der Waals surface area contributed by atoms with Crippen LogP contribution in [0.3, 0.4) is 0 Å². The Morgan fingerprint density at radius 2 is 1.86 bits per heavy atom. The number of piperidine rings is 1. The topological polar surface area (TPSA) is 123 Å². The molecular formula is C31H28F3N5O5. The third-order valence-electron chi connectivity index (χ3n) is 7.82. The highest BCUT2D eigenvalue weighted by Crippen LogP contribution is 2.28. The average Bonchev–Trinajstić information content (AvgIpc) is 3.33. The van der Waals surface area contributed by atoms with E-state index in [1.54, 1.807) is 0 Å². The number of rotatable bonds is 10. The zero-order valence-electron chi connectivity index (χ0n) is 23.5. The van der Waals surface area contributed by atoms with Crippen LogP contribution in [0.15, 0.2) is 42.6 Å². The number of nitriles is 1. The molecule has 4 heterocycles. The molecule has 1 atom stereocenters. The summed E-state index contributed by atoms with van der Waals surface area (Å²) in [7, 11) is 0. The van der Waals surface area contributed by atoms with Crippen molar-refractivity contribution in [2.75, 3.05) is 19.7 Å². The number of carbonyl (C=O) groups is 1. The summed E-state index contributed by atoms with van der Waals surface area (Å²) in [5.74, 6) is -2.64. The first-order valence-corrected chi connectivity index (χ1v) is 14.2. The van der Waals surface area contributed by atoms with E-state index in [4.69, 9.17) is 19.5 Å². The Hall–Kier alpha value is -4.67. The summed E-state index contributed by atoms with van der Waals surface area (Å²) in [6.45, 7) is 2.59. The molecule has 0 aliphatic carbocycles. The molecule has 0 saturated carbocycles. The first-order chi connectivity index (χ1) is 21.3. The fourth-order valence-electron chi connectivity index (χ4n) is 5.34. The fraction of sp³-hybridized carbons (Fsp3) is 0.355. The molecule has 228 valence electrons. The predicted molar refractivity (Wildman–Crippen MR) is 150 cm³/mol. The smallest absolute Gasteiger partial charge is 0.335 e. The molecule has 6 rings (SSSR count). The zero-order chi connectivity index (χ0) is 30.8. The molecule has 0 unspecified atom stereocenters. The van der Waals surface area contributed by atoms with Crippen molar-refractivity contribution in [2.24, 2.45) is 0 Å². The number of hydrogen-bond acceptors (Lipinski definition) is 8. The minimum absolute atomic E-state index is 0.0179. The van der Waals surface area contributed by atoms with E-state index in [-0.39, 0.29) is 47.0 Å². The molecule has 4 aromatic rings. The molecule has 2 aromatic carbocycles. The van der Waals surface area contributed by atoms with E-state index in [1.807, 2.05) is 10.6 Å². The monoisotopic (exact) mass is 607 g/mol. The normalized spacial score (nSPS) is 17.3. The molecular weight excluding hydrogens is 579 g/mol. The number of nitrogens with zero attached hydrogens (tertiary/aromatic N) is 5.